The lowest BCUT2D eigenvalue weighted by Crippen LogP contribution is -2.48. The first kappa shape index (κ1) is 21.4. The third-order valence-corrected chi connectivity index (χ3v) is 6.26. The van der Waals surface area contributed by atoms with E-state index in [1.807, 2.05) is 71.8 Å². The monoisotopic (exact) mass is 453 g/mol. The fourth-order valence-electron chi connectivity index (χ4n) is 3.49. The number of piperazine rings is 1. The normalized spacial score (nSPS) is 14.3. The molecule has 1 aliphatic rings. The van der Waals surface area contributed by atoms with Crippen LogP contribution in [0.25, 0.3) is 6.08 Å². The SMILES string of the molecule is Cc1nc(COc2cccc(/C=C/C(=O)N3CCN(c4ccccc4Cl)CC3)c2)cs1. The van der Waals surface area contributed by atoms with Crippen molar-refractivity contribution in [3.8, 4) is 5.75 Å². The number of benzene rings is 2. The summed E-state index contributed by atoms with van der Waals surface area (Å²) in [5, 5.41) is 3.78. The van der Waals surface area contributed by atoms with Gasteiger partial charge in [0.2, 0.25) is 5.91 Å². The second kappa shape index (κ2) is 9.98. The summed E-state index contributed by atoms with van der Waals surface area (Å²) in [5.74, 6) is 0.775. The molecule has 0 radical (unpaired) electrons. The van der Waals surface area contributed by atoms with Gasteiger partial charge in [0.05, 0.1) is 21.4 Å². The van der Waals surface area contributed by atoms with Crippen molar-refractivity contribution in [3.05, 3.63) is 81.3 Å². The van der Waals surface area contributed by atoms with Gasteiger partial charge in [-0.05, 0) is 42.8 Å². The number of rotatable bonds is 6. The second-order valence-electron chi connectivity index (χ2n) is 7.32. The van der Waals surface area contributed by atoms with E-state index in [0.29, 0.717) is 19.7 Å². The molecule has 2 aromatic carbocycles. The lowest BCUT2D eigenvalue weighted by Gasteiger charge is -2.36. The number of para-hydroxylation sites is 1. The molecule has 0 unspecified atom stereocenters. The van der Waals surface area contributed by atoms with E-state index in [4.69, 9.17) is 16.3 Å². The van der Waals surface area contributed by atoms with Gasteiger partial charge in [-0.1, -0.05) is 35.9 Å². The lowest BCUT2D eigenvalue weighted by molar-refractivity contribution is -0.126. The molecule has 2 heterocycles. The zero-order valence-corrected chi connectivity index (χ0v) is 18.9. The molecular formula is C24H24ClN3O2S. The van der Waals surface area contributed by atoms with Crippen molar-refractivity contribution in [2.75, 3.05) is 31.1 Å². The highest BCUT2D eigenvalue weighted by Crippen LogP contribution is 2.26. The summed E-state index contributed by atoms with van der Waals surface area (Å²) in [6, 6.07) is 15.5. The van der Waals surface area contributed by atoms with Crippen LogP contribution in [0.4, 0.5) is 5.69 Å². The Balaban J connectivity index is 1.30. The number of anilines is 1. The van der Waals surface area contributed by atoms with Gasteiger partial charge in [0, 0.05) is 37.6 Å². The number of hydrogen-bond acceptors (Lipinski definition) is 5. The van der Waals surface area contributed by atoms with Gasteiger partial charge in [0.15, 0.2) is 0 Å². The Bertz CT molecular complexity index is 1070. The van der Waals surface area contributed by atoms with Crippen molar-refractivity contribution < 1.29 is 9.53 Å². The lowest BCUT2D eigenvalue weighted by atomic mass is 10.2. The molecule has 3 aromatic rings. The fraction of sp³-hybridized carbons (Fsp3) is 0.250. The number of aromatic nitrogens is 1. The summed E-state index contributed by atoms with van der Waals surface area (Å²) in [5.41, 5.74) is 2.88. The number of halogens is 1. The molecule has 0 spiro atoms. The maximum absolute atomic E-state index is 12.6. The molecule has 1 aromatic heterocycles. The van der Waals surface area contributed by atoms with Crippen LogP contribution in [0.5, 0.6) is 5.75 Å². The van der Waals surface area contributed by atoms with E-state index >= 15 is 0 Å². The Hall–Kier alpha value is -2.83. The van der Waals surface area contributed by atoms with Crippen LogP contribution < -0.4 is 9.64 Å². The number of hydrogen-bond donors (Lipinski definition) is 0. The predicted molar refractivity (Wildman–Crippen MR) is 127 cm³/mol. The third-order valence-electron chi connectivity index (χ3n) is 5.11. The van der Waals surface area contributed by atoms with Crippen LogP contribution in [0.1, 0.15) is 16.3 Å². The molecule has 0 N–H and O–H groups in total. The van der Waals surface area contributed by atoms with Gasteiger partial charge in [-0.3, -0.25) is 4.79 Å². The maximum Gasteiger partial charge on any atom is 0.246 e. The minimum Gasteiger partial charge on any atom is -0.487 e. The van der Waals surface area contributed by atoms with Gasteiger partial charge in [-0.2, -0.15) is 0 Å². The molecular weight excluding hydrogens is 430 g/mol. The van der Waals surface area contributed by atoms with E-state index in [-0.39, 0.29) is 5.91 Å². The summed E-state index contributed by atoms with van der Waals surface area (Å²) in [7, 11) is 0. The molecule has 31 heavy (non-hydrogen) atoms. The molecule has 160 valence electrons. The number of thiazole rings is 1. The molecule has 0 atom stereocenters. The molecule has 1 amide bonds. The number of carbonyl (C=O) groups is 1. The van der Waals surface area contributed by atoms with Gasteiger partial charge >= 0.3 is 0 Å². The predicted octanol–water partition coefficient (Wildman–Crippen LogP) is 5.05. The first-order valence-electron chi connectivity index (χ1n) is 10.2. The van der Waals surface area contributed by atoms with Crippen LogP contribution in [0.15, 0.2) is 60.0 Å². The highest BCUT2D eigenvalue weighted by atomic mass is 35.5. The number of nitrogens with zero attached hydrogens (tertiary/aromatic N) is 3. The highest BCUT2D eigenvalue weighted by molar-refractivity contribution is 7.09. The van der Waals surface area contributed by atoms with Crippen molar-refractivity contribution in [1.29, 1.82) is 0 Å². The first-order valence-corrected chi connectivity index (χ1v) is 11.4. The zero-order valence-electron chi connectivity index (χ0n) is 17.3. The Labute approximate surface area is 191 Å². The molecule has 1 saturated heterocycles. The molecule has 4 rings (SSSR count). The first-order chi connectivity index (χ1) is 15.1. The molecule has 0 saturated carbocycles. The van der Waals surface area contributed by atoms with E-state index < -0.39 is 0 Å². The highest BCUT2D eigenvalue weighted by Gasteiger charge is 2.20. The van der Waals surface area contributed by atoms with Gasteiger partial charge in [0.1, 0.15) is 12.4 Å². The van der Waals surface area contributed by atoms with Crippen molar-refractivity contribution in [3.63, 3.8) is 0 Å². The molecule has 0 aliphatic carbocycles. The number of amides is 1. The van der Waals surface area contributed by atoms with E-state index in [1.54, 1.807) is 17.4 Å². The van der Waals surface area contributed by atoms with Crippen molar-refractivity contribution in [2.45, 2.75) is 13.5 Å². The van der Waals surface area contributed by atoms with Crippen LogP contribution in [-0.4, -0.2) is 42.0 Å². The van der Waals surface area contributed by atoms with Crippen molar-refractivity contribution >= 4 is 40.6 Å². The summed E-state index contributed by atoms with van der Waals surface area (Å²) in [6.45, 7) is 5.29. The Kier molecular flexibility index (Phi) is 6.89. The van der Waals surface area contributed by atoms with Gasteiger partial charge in [-0.25, -0.2) is 4.98 Å². The van der Waals surface area contributed by atoms with Crippen LogP contribution in [0.3, 0.4) is 0 Å². The van der Waals surface area contributed by atoms with Crippen LogP contribution in [-0.2, 0) is 11.4 Å². The minimum atomic E-state index is 0.0167. The largest absolute Gasteiger partial charge is 0.487 e. The van der Waals surface area contributed by atoms with E-state index in [9.17, 15) is 4.79 Å². The van der Waals surface area contributed by atoms with Crippen LogP contribution >= 0.6 is 22.9 Å². The average Bonchev–Trinajstić information content (AvgIpc) is 3.22. The molecule has 1 fully saturated rings. The van der Waals surface area contributed by atoms with Crippen LogP contribution in [0.2, 0.25) is 5.02 Å². The minimum absolute atomic E-state index is 0.0167. The van der Waals surface area contributed by atoms with Gasteiger partial charge in [-0.15, -0.1) is 11.3 Å². The van der Waals surface area contributed by atoms with E-state index in [2.05, 4.69) is 9.88 Å². The summed E-state index contributed by atoms with van der Waals surface area (Å²) in [6.07, 6.45) is 3.47. The van der Waals surface area contributed by atoms with Gasteiger partial charge < -0.3 is 14.5 Å². The maximum atomic E-state index is 12.6. The molecule has 0 bridgehead atoms. The Morgan fingerprint density at radius 3 is 2.71 bits per heavy atom. The number of carbonyl (C=O) groups excluding carboxylic acids is 1. The Morgan fingerprint density at radius 1 is 1.16 bits per heavy atom. The molecule has 7 heteroatoms. The van der Waals surface area contributed by atoms with Crippen molar-refractivity contribution in [2.24, 2.45) is 0 Å². The number of ether oxygens (including phenoxy) is 1. The van der Waals surface area contributed by atoms with Crippen LogP contribution in [0, 0.1) is 6.92 Å². The van der Waals surface area contributed by atoms with Crippen molar-refractivity contribution in [1.82, 2.24) is 9.88 Å². The summed E-state index contributed by atoms with van der Waals surface area (Å²) >= 11 is 7.91. The average molecular weight is 454 g/mol. The van der Waals surface area contributed by atoms with E-state index in [1.165, 1.54) is 0 Å². The fourth-order valence-corrected chi connectivity index (χ4v) is 4.34. The van der Waals surface area contributed by atoms with E-state index in [0.717, 1.165) is 45.8 Å². The Morgan fingerprint density at radius 2 is 1.97 bits per heavy atom. The topological polar surface area (TPSA) is 45.7 Å². The zero-order chi connectivity index (χ0) is 21.6. The summed E-state index contributed by atoms with van der Waals surface area (Å²) in [4.78, 5) is 21.1. The standard InChI is InChI=1S/C24H24ClN3O2S/c1-18-26-20(17-31-18)16-30-21-6-4-5-19(15-21)9-10-24(29)28-13-11-27(12-14-28)23-8-3-2-7-22(23)25/h2-10,15,17H,11-14,16H2,1H3/b10-9+. The quantitative estimate of drug-likeness (QED) is 0.490. The third kappa shape index (κ3) is 5.66. The number of aryl methyl sites for hydroxylation is 1. The van der Waals surface area contributed by atoms with Gasteiger partial charge in [0.25, 0.3) is 0 Å². The molecule has 1 aliphatic heterocycles. The second-order valence-corrected chi connectivity index (χ2v) is 8.79. The summed E-state index contributed by atoms with van der Waals surface area (Å²) < 4.78 is 5.83. The molecule has 5 nitrogen and oxygen atoms in total. The smallest absolute Gasteiger partial charge is 0.246 e.